The molecule has 0 bridgehead atoms. The molecule has 0 unspecified atom stereocenters. The van der Waals surface area contributed by atoms with Crippen LogP contribution in [0.1, 0.15) is 13.8 Å². The van der Waals surface area contributed by atoms with E-state index in [-0.39, 0.29) is 24.8 Å². The van der Waals surface area contributed by atoms with Crippen molar-refractivity contribution in [3.63, 3.8) is 0 Å². The van der Waals surface area contributed by atoms with E-state index in [4.69, 9.17) is 5.73 Å². The Morgan fingerprint density at radius 2 is 1.94 bits per heavy atom. The Kier molecular flexibility index (Phi) is 5.07. The molecule has 2 heterocycles. The number of halogens is 2. The second kappa shape index (κ2) is 5.44. The third-order valence-electron chi connectivity index (χ3n) is 1.98. The second-order valence-corrected chi connectivity index (χ2v) is 4.07. The third kappa shape index (κ3) is 3.66. The summed E-state index contributed by atoms with van der Waals surface area (Å²) in [6.45, 7) is 3.64. The molecule has 0 aliphatic heterocycles. The van der Waals surface area contributed by atoms with Gasteiger partial charge in [-0.2, -0.15) is 4.73 Å². The maximum Gasteiger partial charge on any atom is 0.127 e. The van der Waals surface area contributed by atoms with E-state index in [2.05, 4.69) is 9.98 Å². The minimum Gasteiger partial charge on any atom is -0.428 e. The van der Waals surface area contributed by atoms with Crippen molar-refractivity contribution < 1.29 is 5.21 Å². The molecule has 0 aliphatic carbocycles. The molecule has 96 valence electrons. The maximum atomic E-state index is 9.38. The Morgan fingerprint density at radius 1 is 1.29 bits per heavy atom. The van der Waals surface area contributed by atoms with Gasteiger partial charge in [-0.1, -0.05) is 0 Å². The van der Waals surface area contributed by atoms with Gasteiger partial charge in [-0.3, -0.25) is 0 Å². The first kappa shape index (κ1) is 15.8. The zero-order valence-electron chi connectivity index (χ0n) is 9.54. The molecule has 0 aromatic carbocycles. The standard InChI is InChI=1S/C10H14N4O.2ClH/c1-10(2,11)13-9-4-3-8-7(12-9)5-6-14(8)15;;/h3-6,15H,11H2,1-2H3,(H,12,13);2*1H. The Labute approximate surface area is 111 Å². The van der Waals surface area contributed by atoms with Crippen LogP contribution in [0.15, 0.2) is 29.4 Å². The third-order valence-corrected chi connectivity index (χ3v) is 1.98. The van der Waals surface area contributed by atoms with Gasteiger partial charge in [-0.25, -0.2) is 4.99 Å². The molecule has 0 amide bonds. The van der Waals surface area contributed by atoms with Crippen LogP contribution in [0.3, 0.4) is 0 Å². The molecule has 17 heavy (non-hydrogen) atoms. The SMILES string of the molecule is CC(C)(N)/N=c1/ccc2c(ccn2O)[nH]1.Cl.Cl. The highest BCUT2D eigenvalue weighted by atomic mass is 35.5. The van der Waals surface area contributed by atoms with Gasteiger partial charge in [0.1, 0.15) is 16.7 Å². The van der Waals surface area contributed by atoms with E-state index in [1.54, 1.807) is 24.4 Å². The first-order valence-corrected chi connectivity index (χ1v) is 4.70. The fourth-order valence-corrected chi connectivity index (χ4v) is 1.42. The minimum absolute atomic E-state index is 0. The number of nitrogens with one attached hydrogen (secondary N) is 1. The normalized spacial score (nSPS) is 12.1. The Bertz CT molecular complexity index is 553. The van der Waals surface area contributed by atoms with E-state index in [9.17, 15) is 5.21 Å². The summed E-state index contributed by atoms with van der Waals surface area (Å²) in [6.07, 6.45) is 1.57. The number of fused-ring (bicyclic) bond motifs is 1. The van der Waals surface area contributed by atoms with Crippen molar-refractivity contribution in [2.75, 3.05) is 0 Å². The molecule has 4 N–H and O–H groups in total. The molecule has 0 aliphatic rings. The van der Waals surface area contributed by atoms with Crippen LogP contribution in [0.5, 0.6) is 0 Å². The van der Waals surface area contributed by atoms with E-state index >= 15 is 0 Å². The van der Waals surface area contributed by atoms with Gasteiger partial charge in [-0.05, 0) is 32.0 Å². The predicted molar refractivity (Wildman–Crippen MR) is 71.8 cm³/mol. The van der Waals surface area contributed by atoms with Crippen molar-refractivity contribution in [3.8, 4) is 0 Å². The average Bonchev–Trinajstić information content (AvgIpc) is 2.45. The van der Waals surface area contributed by atoms with Gasteiger partial charge >= 0.3 is 0 Å². The van der Waals surface area contributed by atoms with E-state index in [0.29, 0.717) is 11.0 Å². The fourth-order valence-electron chi connectivity index (χ4n) is 1.42. The quantitative estimate of drug-likeness (QED) is 0.694. The summed E-state index contributed by atoms with van der Waals surface area (Å²) in [4.78, 5) is 7.36. The van der Waals surface area contributed by atoms with Crippen LogP contribution >= 0.6 is 24.8 Å². The number of pyridine rings is 1. The van der Waals surface area contributed by atoms with Gasteiger partial charge in [-0.15, -0.1) is 24.8 Å². The maximum absolute atomic E-state index is 9.38. The Balaban J connectivity index is 0.00000128. The van der Waals surface area contributed by atoms with E-state index in [0.717, 1.165) is 10.2 Å². The van der Waals surface area contributed by atoms with E-state index in [1.165, 1.54) is 0 Å². The summed E-state index contributed by atoms with van der Waals surface area (Å²) in [6, 6.07) is 5.35. The van der Waals surface area contributed by atoms with Gasteiger partial charge in [0.25, 0.3) is 0 Å². The van der Waals surface area contributed by atoms with Gasteiger partial charge < -0.3 is 15.9 Å². The molecule has 2 aromatic heterocycles. The van der Waals surface area contributed by atoms with Crippen LogP contribution in [-0.4, -0.2) is 20.6 Å². The van der Waals surface area contributed by atoms with Crippen molar-refractivity contribution in [2.45, 2.75) is 19.5 Å². The predicted octanol–water partition coefficient (Wildman–Crippen LogP) is 1.65. The summed E-state index contributed by atoms with van der Waals surface area (Å²) in [7, 11) is 0. The number of H-pyrrole nitrogens is 1. The molecule has 7 heteroatoms. The van der Waals surface area contributed by atoms with Crippen LogP contribution in [0.25, 0.3) is 11.0 Å². The van der Waals surface area contributed by atoms with Crippen LogP contribution < -0.4 is 11.2 Å². The molecule has 0 spiro atoms. The zero-order chi connectivity index (χ0) is 11.1. The highest BCUT2D eigenvalue weighted by Gasteiger charge is 2.06. The van der Waals surface area contributed by atoms with Crippen molar-refractivity contribution in [1.82, 2.24) is 9.71 Å². The number of hydrogen-bond acceptors (Lipinski definition) is 3. The lowest BCUT2D eigenvalue weighted by molar-refractivity contribution is 0.200. The number of aromatic amines is 1. The van der Waals surface area contributed by atoms with E-state index in [1.807, 2.05) is 13.8 Å². The number of hydrogen-bond donors (Lipinski definition) is 3. The molecule has 0 atom stereocenters. The van der Waals surface area contributed by atoms with Crippen molar-refractivity contribution in [2.24, 2.45) is 10.7 Å². The summed E-state index contributed by atoms with van der Waals surface area (Å²) in [5.41, 5.74) is 7.40. The summed E-state index contributed by atoms with van der Waals surface area (Å²) in [5, 5.41) is 9.38. The van der Waals surface area contributed by atoms with Gasteiger partial charge in [0.05, 0.1) is 5.52 Å². The summed E-state index contributed by atoms with van der Waals surface area (Å²) >= 11 is 0. The first-order valence-electron chi connectivity index (χ1n) is 4.70. The molecule has 2 aromatic rings. The minimum atomic E-state index is -0.605. The topological polar surface area (TPSA) is 79.3 Å². The second-order valence-electron chi connectivity index (χ2n) is 4.07. The molecule has 5 nitrogen and oxygen atoms in total. The molecule has 0 saturated carbocycles. The lowest BCUT2D eigenvalue weighted by Gasteiger charge is -2.10. The fraction of sp³-hybridized carbons (Fsp3) is 0.300. The van der Waals surface area contributed by atoms with Crippen molar-refractivity contribution in [1.29, 1.82) is 0 Å². The van der Waals surface area contributed by atoms with Gasteiger partial charge in [0.15, 0.2) is 0 Å². The van der Waals surface area contributed by atoms with Crippen LogP contribution in [0.4, 0.5) is 0 Å². The van der Waals surface area contributed by atoms with Crippen LogP contribution in [-0.2, 0) is 0 Å². The summed E-state index contributed by atoms with van der Waals surface area (Å²) < 4.78 is 1.06. The lowest BCUT2D eigenvalue weighted by atomic mass is 10.3. The first-order chi connectivity index (χ1) is 6.96. The lowest BCUT2D eigenvalue weighted by Crippen LogP contribution is -2.32. The largest absolute Gasteiger partial charge is 0.428 e. The van der Waals surface area contributed by atoms with Gasteiger partial charge in [0, 0.05) is 6.20 Å². The Morgan fingerprint density at radius 3 is 2.53 bits per heavy atom. The monoisotopic (exact) mass is 278 g/mol. The number of nitrogens with zero attached hydrogens (tertiary/aromatic N) is 2. The van der Waals surface area contributed by atoms with Crippen LogP contribution in [0, 0.1) is 0 Å². The highest BCUT2D eigenvalue weighted by Crippen LogP contribution is 2.08. The molecule has 0 radical (unpaired) electrons. The number of rotatable bonds is 1. The van der Waals surface area contributed by atoms with E-state index < -0.39 is 5.66 Å². The molecular weight excluding hydrogens is 263 g/mol. The number of nitrogens with two attached hydrogens (primary N) is 1. The van der Waals surface area contributed by atoms with Crippen LogP contribution in [0.2, 0.25) is 0 Å². The smallest absolute Gasteiger partial charge is 0.127 e. The molecular formula is C10H16Cl2N4O. The summed E-state index contributed by atoms with van der Waals surface area (Å²) in [5.74, 6) is 0. The Hall–Kier alpha value is -1.17. The molecule has 0 saturated heterocycles. The molecule has 2 rings (SSSR count). The van der Waals surface area contributed by atoms with Crippen molar-refractivity contribution >= 4 is 35.8 Å². The number of aromatic nitrogens is 2. The van der Waals surface area contributed by atoms with Gasteiger partial charge in [0.2, 0.25) is 0 Å². The molecule has 0 fully saturated rings. The van der Waals surface area contributed by atoms with Crippen molar-refractivity contribution in [3.05, 3.63) is 29.9 Å². The zero-order valence-corrected chi connectivity index (χ0v) is 11.2. The highest BCUT2D eigenvalue weighted by molar-refractivity contribution is 5.85. The average molecular weight is 279 g/mol.